The second-order valence-corrected chi connectivity index (χ2v) is 7.17. The topological polar surface area (TPSA) is 40.0 Å². The van der Waals surface area contributed by atoms with Crippen molar-refractivity contribution in [3.8, 4) is 5.75 Å². The van der Waals surface area contributed by atoms with Gasteiger partial charge in [-0.3, -0.25) is 0 Å². The van der Waals surface area contributed by atoms with Gasteiger partial charge in [0.05, 0.1) is 18.2 Å². The highest BCUT2D eigenvalue weighted by atomic mass is 16.5. The Kier molecular flexibility index (Phi) is 5.24. The fraction of sp³-hybridized carbons (Fsp3) is 0.208. The number of carbonyl (C=O) groups is 1. The van der Waals surface area contributed by atoms with E-state index in [2.05, 4.69) is 26.1 Å². The molecule has 4 rings (SSSR count). The van der Waals surface area contributed by atoms with E-state index in [0.29, 0.717) is 11.3 Å². The summed E-state index contributed by atoms with van der Waals surface area (Å²) in [6.07, 6.45) is -0.218. The summed E-state index contributed by atoms with van der Waals surface area (Å²) in [5, 5.41) is 0. The number of hydrogen-bond acceptors (Lipinski definition) is 3. The van der Waals surface area contributed by atoms with Crippen molar-refractivity contribution in [3.63, 3.8) is 0 Å². The standard InChI is InChI=1S/C24H23NO3/c1-17-22(18-11-5-3-6-12-18)28-23(25(17)2)20-15-9-10-16-21(20)27-24(26)19-13-7-4-8-14-19/h3-17,22-23H,1-2H3/p+1/t17-,22-,23-/m1/s1. The zero-order valence-corrected chi connectivity index (χ0v) is 16.0. The van der Waals surface area contributed by atoms with E-state index in [1.54, 1.807) is 12.1 Å². The molecule has 4 heteroatoms. The van der Waals surface area contributed by atoms with E-state index >= 15 is 0 Å². The number of benzene rings is 3. The van der Waals surface area contributed by atoms with Crippen molar-refractivity contribution >= 4 is 5.97 Å². The number of carbonyl (C=O) groups excluding carboxylic acids is 1. The number of para-hydroxylation sites is 1. The highest BCUT2D eigenvalue weighted by Gasteiger charge is 2.44. The van der Waals surface area contributed by atoms with Gasteiger partial charge in [0.15, 0.2) is 0 Å². The minimum absolute atomic E-state index is 0.0101. The van der Waals surface area contributed by atoms with E-state index in [0.717, 1.165) is 11.1 Å². The van der Waals surface area contributed by atoms with E-state index in [9.17, 15) is 4.79 Å². The molecule has 28 heavy (non-hydrogen) atoms. The molecule has 4 nitrogen and oxygen atoms in total. The Labute approximate surface area is 165 Å². The quantitative estimate of drug-likeness (QED) is 0.561. The normalized spacial score (nSPS) is 24.1. The number of rotatable bonds is 4. The van der Waals surface area contributed by atoms with E-state index in [1.807, 2.05) is 60.7 Å². The second-order valence-electron chi connectivity index (χ2n) is 7.17. The molecule has 1 saturated heterocycles. The van der Waals surface area contributed by atoms with Crippen molar-refractivity contribution in [1.82, 2.24) is 0 Å². The Balaban J connectivity index is 1.60. The third kappa shape index (κ3) is 3.57. The van der Waals surface area contributed by atoms with Gasteiger partial charge in [-0.2, -0.15) is 0 Å². The lowest BCUT2D eigenvalue weighted by atomic mass is 10.0. The van der Waals surface area contributed by atoms with Gasteiger partial charge in [0.1, 0.15) is 17.9 Å². The zero-order valence-electron chi connectivity index (χ0n) is 16.0. The summed E-state index contributed by atoms with van der Waals surface area (Å²) >= 11 is 0. The van der Waals surface area contributed by atoms with Gasteiger partial charge in [0.25, 0.3) is 0 Å². The smallest absolute Gasteiger partial charge is 0.343 e. The first kappa shape index (κ1) is 18.4. The summed E-state index contributed by atoms with van der Waals surface area (Å²) in [6, 6.07) is 27.2. The average Bonchev–Trinajstić information content (AvgIpc) is 3.04. The van der Waals surface area contributed by atoms with Crippen LogP contribution in [-0.4, -0.2) is 19.1 Å². The van der Waals surface area contributed by atoms with Crippen molar-refractivity contribution in [2.45, 2.75) is 25.3 Å². The molecule has 1 aliphatic heterocycles. The number of nitrogens with one attached hydrogen (secondary N) is 1. The summed E-state index contributed by atoms with van der Waals surface area (Å²) in [5.74, 6) is 0.179. The third-order valence-electron chi connectivity index (χ3n) is 5.41. The van der Waals surface area contributed by atoms with Crippen LogP contribution in [0.3, 0.4) is 0 Å². The van der Waals surface area contributed by atoms with Crippen molar-refractivity contribution < 1.29 is 19.2 Å². The largest absolute Gasteiger partial charge is 0.422 e. The maximum atomic E-state index is 12.5. The Morgan fingerprint density at radius 3 is 2.21 bits per heavy atom. The van der Waals surface area contributed by atoms with E-state index in [4.69, 9.17) is 9.47 Å². The minimum Gasteiger partial charge on any atom is -0.422 e. The van der Waals surface area contributed by atoms with E-state index in [-0.39, 0.29) is 24.3 Å². The van der Waals surface area contributed by atoms with Gasteiger partial charge >= 0.3 is 5.97 Å². The lowest BCUT2D eigenvalue weighted by molar-refractivity contribution is -0.933. The molecule has 4 atom stereocenters. The number of quaternary nitrogens is 1. The van der Waals surface area contributed by atoms with Crippen LogP contribution in [0, 0.1) is 0 Å². The van der Waals surface area contributed by atoms with Gasteiger partial charge in [-0.15, -0.1) is 0 Å². The van der Waals surface area contributed by atoms with Crippen LogP contribution in [-0.2, 0) is 4.74 Å². The Morgan fingerprint density at radius 1 is 0.893 bits per heavy atom. The summed E-state index contributed by atoms with van der Waals surface area (Å²) in [6.45, 7) is 2.19. The van der Waals surface area contributed by atoms with E-state index in [1.165, 1.54) is 4.90 Å². The highest BCUT2D eigenvalue weighted by Crippen LogP contribution is 2.34. The van der Waals surface area contributed by atoms with Crippen molar-refractivity contribution in [3.05, 3.63) is 102 Å². The molecular formula is C24H24NO3+. The molecule has 1 heterocycles. The van der Waals surface area contributed by atoms with Gasteiger partial charge in [-0.1, -0.05) is 60.7 Å². The zero-order chi connectivity index (χ0) is 19.5. The molecule has 1 unspecified atom stereocenters. The molecule has 0 saturated carbocycles. The lowest BCUT2D eigenvalue weighted by Gasteiger charge is -2.20. The Bertz CT molecular complexity index is 942. The van der Waals surface area contributed by atoms with Crippen molar-refractivity contribution in [2.75, 3.05) is 7.05 Å². The summed E-state index contributed by atoms with van der Waals surface area (Å²) in [4.78, 5) is 13.8. The van der Waals surface area contributed by atoms with Crippen LogP contribution < -0.4 is 9.64 Å². The van der Waals surface area contributed by atoms with Gasteiger partial charge in [-0.05, 0) is 36.8 Å². The minimum atomic E-state index is -0.364. The van der Waals surface area contributed by atoms with Crippen LogP contribution in [0.2, 0.25) is 0 Å². The summed E-state index contributed by atoms with van der Waals surface area (Å²) in [7, 11) is 2.12. The molecule has 1 fully saturated rings. The lowest BCUT2D eigenvalue weighted by Crippen LogP contribution is -3.10. The highest BCUT2D eigenvalue weighted by molar-refractivity contribution is 5.91. The molecule has 1 aliphatic rings. The monoisotopic (exact) mass is 374 g/mol. The van der Waals surface area contributed by atoms with Gasteiger partial charge in [-0.25, -0.2) is 4.79 Å². The molecule has 0 spiro atoms. The molecular weight excluding hydrogens is 350 g/mol. The van der Waals surface area contributed by atoms with Crippen LogP contribution in [0.1, 0.15) is 40.7 Å². The molecule has 0 amide bonds. The molecule has 0 aliphatic carbocycles. The summed E-state index contributed by atoms with van der Waals surface area (Å²) < 4.78 is 12.2. The number of hydrogen-bond donors (Lipinski definition) is 1. The Hall–Kier alpha value is -2.95. The van der Waals surface area contributed by atoms with E-state index < -0.39 is 0 Å². The first-order valence-electron chi connectivity index (χ1n) is 9.55. The molecule has 142 valence electrons. The fourth-order valence-electron chi connectivity index (χ4n) is 3.70. The van der Waals surface area contributed by atoms with Crippen molar-refractivity contribution in [2.24, 2.45) is 0 Å². The predicted octanol–water partition coefficient (Wildman–Crippen LogP) is 3.58. The van der Waals surface area contributed by atoms with Gasteiger partial charge in [0.2, 0.25) is 6.23 Å². The summed E-state index contributed by atoms with van der Waals surface area (Å²) in [5.41, 5.74) is 2.58. The first-order valence-corrected chi connectivity index (χ1v) is 9.55. The molecule has 0 radical (unpaired) electrons. The second kappa shape index (κ2) is 7.97. The molecule has 3 aromatic rings. The molecule has 0 aromatic heterocycles. The third-order valence-corrected chi connectivity index (χ3v) is 5.41. The van der Waals surface area contributed by atoms with Crippen LogP contribution in [0.4, 0.5) is 0 Å². The predicted molar refractivity (Wildman–Crippen MR) is 107 cm³/mol. The SMILES string of the molecule is C[C@@H]1[C@H](c2ccccc2)O[C@H](c2ccccc2OC(=O)c2ccccc2)[NH+]1C. The van der Waals surface area contributed by atoms with Crippen LogP contribution >= 0.6 is 0 Å². The maximum Gasteiger partial charge on any atom is 0.343 e. The molecule has 3 aromatic carbocycles. The van der Waals surface area contributed by atoms with Crippen LogP contribution in [0.25, 0.3) is 0 Å². The van der Waals surface area contributed by atoms with Crippen LogP contribution in [0.15, 0.2) is 84.9 Å². The molecule has 0 bridgehead atoms. The van der Waals surface area contributed by atoms with Gasteiger partial charge < -0.3 is 14.4 Å². The molecule has 1 N–H and O–H groups in total. The number of esters is 1. The maximum absolute atomic E-state index is 12.5. The number of ether oxygens (including phenoxy) is 2. The average molecular weight is 374 g/mol. The van der Waals surface area contributed by atoms with Crippen LogP contribution in [0.5, 0.6) is 5.75 Å². The Morgan fingerprint density at radius 2 is 1.50 bits per heavy atom. The van der Waals surface area contributed by atoms with Crippen molar-refractivity contribution in [1.29, 1.82) is 0 Å². The van der Waals surface area contributed by atoms with Gasteiger partial charge in [0, 0.05) is 0 Å². The number of likely N-dealkylation sites (N-methyl/N-ethyl adjacent to an activating group) is 1. The first-order chi connectivity index (χ1) is 13.6. The fourth-order valence-corrected chi connectivity index (χ4v) is 3.70.